The fraction of sp³-hybridized carbons (Fsp3) is 0.771. The summed E-state index contributed by atoms with van der Waals surface area (Å²) in [4.78, 5) is 31.9. The highest BCUT2D eigenvalue weighted by molar-refractivity contribution is 7.89. The smallest absolute Gasteiger partial charge is 0.319 e. The fourth-order valence-electron chi connectivity index (χ4n) is 7.25. The van der Waals surface area contributed by atoms with Gasteiger partial charge in [0.2, 0.25) is 10.0 Å². The van der Waals surface area contributed by atoms with Gasteiger partial charge in [-0.25, -0.2) is 8.42 Å². The Hall–Kier alpha value is -1.93. The van der Waals surface area contributed by atoms with Gasteiger partial charge in [0, 0.05) is 38.1 Å². The van der Waals surface area contributed by atoms with Crippen LogP contribution >= 0.6 is 0 Å². The van der Waals surface area contributed by atoms with Crippen molar-refractivity contribution in [1.82, 2.24) is 14.1 Å². The Kier molecular flexibility index (Phi) is 13.6. The fourth-order valence-corrected chi connectivity index (χ4v) is 8.74. The number of carbonyl (C=O) groups is 2. The molecule has 2 fully saturated rings. The quantitative estimate of drug-likeness (QED) is 0.364. The van der Waals surface area contributed by atoms with Crippen molar-refractivity contribution in [3.63, 3.8) is 0 Å². The second kappa shape index (κ2) is 16.2. The summed E-state index contributed by atoms with van der Waals surface area (Å²) in [7, 11) is 2.03. The number of likely N-dealkylation sites (N-methyl/N-ethyl adjacent to an activating group) is 2. The Morgan fingerprint density at radius 2 is 1.64 bits per heavy atom. The summed E-state index contributed by atoms with van der Waals surface area (Å²) in [5.74, 6) is -1.59. The van der Waals surface area contributed by atoms with Crippen molar-refractivity contribution in [2.45, 2.75) is 103 Å². The SMILES string of the molecule is C[C@H]1CN(C)CCN(S(=O)(=O)c2ccccc2)CCCOC(=O)C(C)(C)C(=O)[C@H](C)[C@@H](O[C@@H]2O[C@H](C)C[C@H](N(C)C)[C@H]2O)C(C)(C)C1. The number of ether oxygens (including phenoxy) is 3. The van der Waals surface area contributed by atoms with Gasteiger partial charge in [0.1, 0.15) is 11.5 Å². The highest BCUT2D eigenvalue weighted by atomic mass is 32.2. The number of Topliss-reactive ketones (excluding diaryl/α,β-unsaturated/α-hetero) is 1. The number of benzene rings is 1. The van der Waals surface area contributed by atoms with E-state index in [1.165, 1.54) is 4.31 Å². The van der Waals surface area contributed by atoms with Gasteiger partial charge in [0.05, 0.1) is 23.7 Å². The number of esters is 1. The molecule has 11 nitrogen and oxygen atoms in total. The second-order valence-corrected chi connectivity index (χ2v) is 17.1. The third-order valence-corrected chi connectivity index (χ3v) is 11.6. The topological polar surface area (TPSA) is 126 Å². The molecule has 2 saturated heterocycles. The molecular weight excluding hydrogens is 622 g/mol. The first-order valence-electron chi connectivity index (χ1n) is 16.9. The van der Waals surface area contributed by atoms with Crippen molar-refractivity contribution in [1.29, 1.82) is 0 Å². The predicted octanol–water partition coefficient (Wildman–Crippen LogP) is 3.65. The Balaban J connectivity index is 1.94. The maximum atomic E-state index is 14.2. The lowest BCUT2D eigenvalue weighted by Crippen LogP contribution is -2.57. The number of hydrogen-bond acceptors (Lipinski definition) is 10. The van der Waals surface area contributed by atoms with Crippen LogP contribution in [0.5, 0.6) is 0 Å². The molecule has 3 rings (SSSR count). The minimum atomic E-state index is -3.77. The molecule has 268 valence electrons. The van der Waals surface area contributed by atoms with Crippen LogP contribution in [-0.2, 0) is 33.8 Å². The van der Waals surface area contributed by atoms with E-state index in [0.29, 0.717) is 25.9 Å². The van der Waals surface area contributed by atoms with Crippen LogP contribution in [0.25, 0.3) is 0 Å². The van der Waals surface area contributed by atoms with E-state index in [0.717, 1.165) is 0 Å². The summed E-state index contributed by atoms with van der Waals surface area (Å²) >= 11 is 0. The van der Waals surface area contributed by atoms with E-state index in [2.05, 4.69) is 11.8 Å². The number of ketones is 1. The Morgan fingerprint density at radius 3 is 2.26 bits per heavy atom. The summed E-state index contributed by atoms with van der Waals surface area (Å²) in [6.07, 6.45) is -1.16. The van der Waals surface area contributed by atoms with Crippen molar-refractivity contribution >= 4 is 21.8 Å². The van der Waals surface area contributed by atoms with Crippen LogP contribution in [-0.4, -0.2) is 124 Å². The molecule has 0 aromatic heterocycles. The van der Waals surface area contributed by atoms with E-state index in [1.807, 2.05) is 46.8 Å². The number of aliphatic hydroxyl groups is 1. The molecule has 0 spiro atoms. The predicted molar refractivity (Wildman–Crippen MR) is 181 cm³/mol. The maximum absolute atomic E-state index is 14.2. The first-order valence-corrected chi connectivity index (χ1v) is 18.3. The van der Waals surface area contributed by atoms with Crippen LogP contribution < -0.4 is 0 Å². The van der Waals surface area contributed by atoms with Gasteiger partial charge < -0.3 is 29.1 Å². The average Bonchev–Trinajstić information content (AvgIpc) is 2.99. The standard InChI is InChI=1S/C35H59N3O8S/c1-24-22-34(4,5)31(46-32-29(39)28(36(8)9)21-25(2)45-32)26(3)30(40)35(6,7)33(41)44-20-14-17-38(19-18-37(10)23-24)47(42,43)27-15-12-11-13-16-27/h11-13,15-16,24-26,28-29,31-32,39H,14,17-23H2,1-10H3/t24-,25-,26+,28+,29-,31-,32+/m1/s1. The van der Waals surface area contributed by atoms with Crippen molar-refractivity contribution in [3.05, 3.63) is 30.3 Å². The lowest BCUT2D eigenvalue weighted by molar-refractivity contribution is -0.285. The lowest BCUT2D eigenvalue weighted by Gasteiger charge is -2.46. The van der Waals surface area contributed by atoms with E-state index in [1.54, 1.807) is 51.1 Å². The van der Waals surface area contributed by atoms with Gasteiger partial charge in [0.25, 0.3) is 0 Å². The number of cyclic esters (lactones) is 1. The molecule has 0 bridgehead atoms. The molecule has 0 unspecified atom stereocenters. The molecule has 0 radical (unpaired) electrons. The van der Waals surface area contributed by atoms with E-state index in [-0.39, 0.29) is 54.9 Å². The van der Waals surface area contributed by atoms with E-state index in [4.69, 9.17) is 14.2 Å². The monoisotopic (exact) mass is 681 g/mol. The largest absolute Gasteiger partial charge is 0.465 e. The molecule has 0 amide bonds. The molecule has 2 aliphatic heterocycles. The van der Waals surface area contributed by atoms with E-state index < -0.39 is 51.2 Å². The first kappa shape index (κ1) is 39.5. The van der Waals surface area contributed by atoms with Gasteiger partial charge in [-0.2, -0.15) is 4.31 Å². The third-order valence-electron chi connectivity index (χ3n) is 9.72. The number of aliphatic hydroxyl groups excluding tert-OH is 1. The Labute approximate surface area is 283 Å². The Morgan fingerprint density at radius 1 is 1.00 bits per heavy atom. The van der Waals surface area contributed by atoms with Gasteiger partial charge in [-0.1, -0.05) is 45.9 Å². The highest BCUT2D eigenvalue weighted by Crippen LogP contribution is 2.40. The zero-order chi connectivity index (χ0) is 35.3. The van der Waals surface area contributed by atoms with Crippen LogP contribution in [0.3, 0.4) is 0 Å². The van der Waals surface area contributed by atoms with Gasteiger partial charge >= 0.3 is 5.97 Å². The highest BCUT2D eigenvalue weighted by Gasteiger charge is 2.49. The molecule has 12 heteroatoms. The molecule has 2 aliphatic rings. The molecule has 7 atom stereocenters. The molecule has 1 N–H and O–H groups in total. The minimum absolute atomic E-state index is 0.0328. The van der Waals surface area contributed by atoms with Crippen LogP contribution in [0.1, 0.15) is 67.7 Å². The van der Waals surface area contributed by atoms with Crippen molar-refractivity contribution in [2.24, 2.45) is 22.7 Å². The maximum Gasteiger partial charge on any atom is 0.319 e. The number of rotatable bonds is 5. The normalized spacial score (nSPS) is 32.9. The van der Waals surface area contributed by atoms with E-state index in [9.17, 15) is 23.1 Å². The Bertz CT molecular complexity index is 1290. The molecular formula is C35H59N3O8S. The number of hydrogen-bond donors (Lipinski definition) is 1. The zero-order valence-corrected chi connectivity index (χ0v) is 31.0. The van der Waals surface area contributed by atoms with Crippen molar-refractivity contribution < 1.29 is 37.3 Å². The van der Waals surface area contributed by atoms with E-state index >= 15 is 0 Å². The summed E-state index contributed by atoms with van der Waals surface area (Å²) in [6, 6.07) is 8.15. The van der Waals surface area contributed by atoms with Crippen LogP contribution in [0.4, 0.5) is 0 Å². The number of carbonyl (C=O) groups excluding carboxylic acids is 2. The molecule has 47 heavy (non-hydrogen) atoms. The number of nitrogens with zero attached hydrogens (tertiary/aromatic N) is 3. The van der Waals surface area contributed by atoms with Gasteiger partial charge in [-0.3, -0.25) is 9.59 Å². The minimum Gasteiger partial charge on any atom is -0.465 e. The van der Waals surface area contributed by atoms with Crippen LogP contribution in [0, 0.1) is 22.7 Å². The molecule has 1 aromatic carbocycles. The van der Waals surface area contributed by atoms with Gasteiger partial charge in [-0.05, 0) is 84.6 Å². The van der Waals surface area contributed by atoms with Crippen LogP contribution in [0.2, 0.25) is 0 Å². The van der Waals surface area contributed by atoms with Gasteiger partial charge in [-0.15, -0.1) is 0 Å². The molecule has 0 saturated carbocycles. The molecule has 1 aromatic rings. The van der Waals surface area contributed by atoms with Crippen molar-refractivity contribution in [3.8, 4) is 0 Å². The van der Waals surface area contributed by atoms with Crippen LogP contribution in [0.15, 0.2) is 35.2 Å². The van der Waals surface area contributed by atoms with Gasteiger partial charge in [0.15, 0.2) is 12.1 Å². The summed E-state index contributed by atoms with van der Waals surface area (Å²) in [5, 5.41) is 11.3. The summed E-state index contributed by atoms with van der Waals surface area (Å²) in [6.45, 7) is 14.7. The molecule has 0 aliphatic carbocycles. The number of sulfonamides is 1. The summed E-state index contributed by atoms with van der Waals surface area (Å²) in [5.41, 5.74) is -2.07. The third kappa shape index (κ3) is 9.83. The molecule has 2 heterocycles. The zero-order valence-electron chi connectivity index (χ0n) is 30.1. The first-order chi connectivity index (χ1) is 21.8. The lowest BCUT2D eigenvalue weighted by atomic mass is 9.69. The second-order valence-electron chi connectivity index (χ2n) is 15.2. The average molecular weight is 682 g/mol. The van der Waals surface area contributed by atoms with Crippen molar-refractivity contribution in [2.75, 3.05) is 53.9 Å². The summed E-state index contributed by atoms with van der Waals surface area (Å²) < 4.78 is 47.0.